The standard InChI is InChI=1S/C21H26N2O5/c1-12-7-6-10-17(13(12)2)22-18(24)11-28-21(27)14(3)23-19(25)15-8-4-5-9-16(15)20(23)26/h6-7,10,14-16H,4-5,8-9,11H2,1-3H3,(H,22,24)/t14-,15+,16+/m0/s1. The Morgan fingerprint density at radius 1 is 1.14 bits per heavy atom. The number of carbonyl (C=O) groups is 4. The predicted octanol–water partition coefficient (Wildman–Crippen LogP) is 2.35. The highest BCUT2D eigenvalue weighted by molar-refractivity contribution is 6.08. The summed E-state index contributed by atoms with van der Waals surface area (Å²) >= 11 is 0. The van der Waals surface area contributed by atoms with Crippen molar-refractivity contribution in [3.05, 3.63) is 29.3 Å². The number of likely N-dealkylation sites (tertiary alicyclic amines) is 1. The van der Waals surface area contributed by atoms with E-state index >= 15 is 0 Å². The van der Waals surface area contributed by atoms with Crippen LogP contribution in [-0.2, 0) is 23.9 Å². The van der Waals surface area contributed by atoms with E-state index in [1.807, 2.05) is 26.0 Å². The van der Waals surface area contributed by atoms with Crippen molar-refractivity contribution in [3.8, 4) is 0 Å². The number of amides is 3. The average Bonchev–Trinajstić information content (AvgIpc) is 2.94. The molecule has 0 aromatic heterocycles. The molecule has 3 atom stereocenters. The number of esters is 1. The lowest BCUT2D eigenvalue weighted by Crippen LogP contribution is -2.45. The van der Waals surface area contributed by atoms with Gasteiger partial charge in [0.15, 0.2) is 6.61 Å². The van der Waals surface area contributed by atoms with Crippen LogP contribution in [0.5, 0.6) is 0 Å². The minimum atomic E-state index is -1.03. The van der Waals surface area contributed by atoms with Crippen molar-refractivity contribution >= 4 is 29.4 Å². The molecule has 28 heavy (non-hydrogen) atoms. The van der Waals surface area contributed by atoms with Gasteiger partial charge in [-0.15, -0.1) is 0 Å². The summed E-state index contributed by atoms with van der Waals surface area (Å²) in [4.78, 5) is 50.6. The van der Waals surface area contributed by atoms with Crippen molar-refractivity contribution in [2.75, 3.05) is 11.9 Å². The van der Waals surface area contributed by atoms with Crippen LogP contribution in [0.2, 0.25) is 0 Å². The molecule has 0 spiro atoms. The lowest BCUT2D eigenvalue weighted by molar-refractivity contribution is -0.159. The molecule has 1 saturated heterocycles. The summed E-state index contributed by atoms with van der Waals surface area (Å²) in [7, 11) is 0. The normalized spacial score (nSPS) is 22.6. The maximum Gasteiger partial charge on any atom is 0.329 e. The van der Waals surface area contributed by atoms with Crippen LogP contribution in [0.25, 0.3) is 0 Å². The van der Waals surface area contributed by atoms with E-state index < -0.39 is 24.5 Å². The molecule has 1 heterocycles. The van der Waals surface area contributed by atoms with Crippen LogP contribution in [0, 0.1) is 25.7 Å². The molecule has 7 nitrogen and oxygen atoms in total. The van der Waals surface area contributed by atoms with E-state index in [1.54, 1.807) is 6.07 Å². The number of hydrogen-bond donors (Lipinski definition) is 1. The summed E-state index contributed by atoms with van der Waals surface area (Å²) in [6.07, 6.45) is 3.22. The van der Waals surface area contributed by atoms with Crippen LogP contribution >= 0.6 is 0 Å². The fraction of sp³-hybridized carbons (Fsp3) is 0.524. The zero-order valence-electron chi connectivity index (χ0n) is 16.5. The van der Waals surface area contributed by atoms with Gasteiger partial charge >= 0.3 is 5.97 Å². The summed E-state index contributed by atoms with van der Waals surface area (Å²) in [5, 5.41) is 2.71. The van der Waals surface area contributed by atoms with Crippen LogP contribution < -0.4 is 5.32 Å². The topological polar surface area (TPSA) is 92.8 Å². The van der Waals surface area contributed by atoms with Gasteiger partial charge in [0.2, 0.25) is 11.8 Å². The first-order chi connectivity index (χ1) is 13.3. The second kappa shape index (κ2) is 8.12. The first kappa shape index (κ1) is 20.0. The van der Waals surface area contributed by atoms with Crippen molar-refractivity contribution in [2.45, 2.75) is 52.5 Å². The molecule has 0 unspecified atom stereocenters. The number of imide groups is 1. The number of nitrogens with zero attached hydrogens (tertiary/aromatic N) is 1. The van der Waals surface area contributed by atoms with Gasteiger partial charge in [-0.05, 0) is 50.8 Å². The van der Waals surface area contributed by atoms with Crippen LogP contribution in [0.3, 0.4) is 0 Å². The average molecular weight is 386 g/mol. The second-order valence-electron chi connectivity index (χ2n) is 7.62. The van der Waals surface area contributed by atoms with Crippen molar-refractivity contribution < 1.29 is 23.9 Å². The summed E-state index contributed by atoms with van der Waals surface area (Å²) in [6.45, 7) is 4.83. The Morgan fingerprint density at radius 3 is 2.36 bits per heavy atom. The van der Waals surface area contributed by atoms with Gasteiger partial charge in [-0.3, -0.25) is 19.3 Å². The van der Waals surface area contributed by atoms with Gasteiger partial charge in [0.05, 0.1) is 11.8 Å². The third kappa shape index (κ3) is 3.79. The minimum Gasteiger partial charge on any atom is -0.454 e. The highest BCUT2D eigenvalue weighted by Gasteiger charge is 2.51. The first-order valence-electron chi connectivity index (χ1n) is 9.71. The Hall–Kier alpha value is -2.70. The van der Waals surface area contributed by atoms with E-state index in [1.165, 1.54) is 6.92 Å². The van der Waals surface area contributed by atoms with Crippen LogP contribution in [0.1, 0.15) is 43.7 Å². The molecule has 7 heteroatoms. The van der Waals surface area contributed by atoms with E-state index in [0.717, 1.165) is 28.9 Å². The zero-order valence-corrected chi connectivity index (χ0v) is 16.5. The number of fused-ring (bicyclic) bond motifs is 1. The number of rotatable bonds is 5. The molecule has 1 saturated carbocycles. The Bertz CT molecular complexity index is 795. The van der Waals surface area contributed by atoms with Crippen molar-refractivity contribution in [1.29, 1.82) is 0 Å². The van der Waals surface area contributed by atoms with E-state index in [2.05, 4.69) is 5.32 Å². The number of aryl methyl sites for hydroxylation is 1. The molecule has 1 aliphatic heterocycles. The van der Waals surface area contributed by atoms with Crippen LogP contribution in [0.15, 0.2) is 18.2 Å². The molecule has 1 aliphatic carbocycles. The Morgan fingerprint density at radius 2 is 1.75 bits per heavy atom. The van der Waals surface area contributed by atoms with Gasteiger partial charge in [0, 0.05) is 5.69 Å². The van der Waals surface area contributed by atoms with Gasteiger partial charge in [-0.2, -0.15) is 0 Å². The fourth-order valence-corrected chi connectivity index (χ4v) is 4.01. The van der Waals surface area contributed by atoms with Crippen LogP contribution in [0.4, 0.5) is 5.69 Å². The highest BCUT2D eigenvalue weighted by atomic mass is 16.5. The molecule has 2 fully saturated rings. The maximum atomic E-state index is 12.6. The molecule has 0 radical (unpaired) electrons. The lowest BCUT2D eigenvalue weighted by Gasteiger charge is -2.21. The number of anilines is 1. The third-order valence-corrected chi connectivity index (χ3v) is 5.83. The number of nitrogens with one attached hydrogen (secondary N) is 1. The van der Waals surface area contributed by atoms with Crippen LogP contribution in [-0.4, -0.2) is 41.2 Å². The molecule has 150 valence electrons. The van der Waals surface area contributed by atoms with Gasteiger partial charge in [0.25, 0.3) is 5.91 Å². The van der Waals surface area contributed by atoms with Gasteiger partial charge in [-0.25, -0.2) is 4.79 Å². The number of benzene rings is 1. The SMILES string of the molecule is Cc1cccc(NC(=O)COC(=O)[C@H](C)N2C(=O)[C@@H]3CCCC[C@H]3C2=O)c1C. The van der Waals surface area contributed by atoms with E-state index in [0.29, 0.717) is 18.5 Å². The van der Waals surface area contributed by atoms with Gasteiger partial charge < -0.3 is 10.1 Å². The Kier molecular flexibility index (Phi) is 5.82. The summed E-state index contributed by atoms with van der Waals surface area (Å²) in [6, 6.07) is 4.51. The molecular weight excluding hydrogens is 360 g/mol. The highest BCUT2D eigenvalue weighted by Crippen LogP contribution is 2.38. The van der Waals surface area contributed by atoms with Crippen molar-refractivity contribution in [2.24, 2.45) is 11.8 Å². The number of carbonyl (C=O) groups excluding carboxylic acids is 4. The second-order valence-corrected chi connectivity index (χ2v) is 7.62. The minimum absolute atomic E-state index is 0.293. The molecule has 0 bridgehead atoms. The molecule has 3 rings (SSSR count). The van der Waals surface area contributed by atoms with Gasteiger partial charge in [0.1, 0.15) is 6.04 Å². The quantitative estimate of drug-likeness (QED) is 0.619. The first-order valence-corrected chi connectivity index (χ1v) is 9.71. The largest absolute Gasteiger partial charge is 0.454 e. The Balaban J connectivity index is 1.57. The molecule has 1 N–H and O–H groups in total. The van der Waals surface area contributed by atoms with Crippen molar-refractivity contribution in [3.63, 3.8) is 0 Å². The molecule has 1 aromatic carbocycles. The summed E-state index contributed by atoms with van der Waals surface area (Å²) in [5.74, 6) is -2.44. The predicted molar refractivity (Wildman–Crippen MR) is 102 cm³/mol. The van der Waals surface area contributed by atoms with Crippen molar-refractivity contribution in [1.82, 2.24) is 4.90 Å². The number of ether oxygens (including phenoxy) is 1. The van der Waals surface area contributed by atoms with E-state index in [4.69, 9.17) is 4.74 Å². The lowest BCUT2D eigenvalue weighted by atomic mass is 9.81. The fourth-order valence-electron chi connectivity index (χ4n) is 4.01. The Labute approximate surface area is 164 Å². The zero-order chi connectivity index (χ0) is 20.4. The number of hydrogen-bond acceptors (Lipinski definition) is 5. The van der Waals surface area contributed by atoms with E-state index in [9.17, 15) is 19.2 Å². The smallest absolute Gasteiger partial charge is 0.329 e. The summed E-state index contributed by atoms with van der Waals surface area (Å²) < 4.78 is 5.07. The molecule has 2 aliphatic rings. The maximum absolute atomic E-state index is 12.6. The third-order valence-electron chi connectivity index (χ3n) is 5.83. The summed E-state index contributed by atoms with van der Waals surface area (Å²) in [5.41, 5.74) is 2.63. The van der Waals surface area contributed by atoms with Gasteiger partial charge in [-0.1, -0.05) is 25.0 Å². The molecule has 3 amide bonds. The molecular formula is C21H26N2O5. The van der Waals surface area contributed by atoms with E-state index in [-0.39, 0.29) is 23.7 Å². The monoisotopic (exact) mass is 386 g/mol. The molecule has 1 aromatic rings.